The van der Waals surface area contributed by atoms with Crippen molar-refractivity contribution in [2.24, 2.45) is 9.98 Å². The fourth-order valence-electron chi connectivity index (χ4n) is 2.54. The number of amides is 1. The fourth-order valence-corrected chi connectivity index (χ4v) is 2.54. The number of ketones is 1. The van der Waals surface area contributed by atoms with Crippen molar-refractivity contribution >= 4 is 17.7 Å². The van der Waals surface area contributed by atoms with Crippen LogP contribution in [-0.4, -0.2) is 29.6 Å². The first-order valence-corrected chi connectivity index (χ1v) is 7.52. The molecule has 128 valence electrons. The Labute approximate surface area is 145 Å². The average Bonchev–Trinajstić information content (AvgIpc) is 3.09. The molecule has 0 unspecified atom stereocenters. The zero-order chi connectivity index (χ0) is 18.3. The van der Waals surface area contributed by atoms with Gasteiger partial charge in [0.15, 0.2) is 17.3 Å². The van der Waals surface area contributed by atoms with Crippen LogP contribution in [0.25, 0.3) is 0 Å². The number of nitrogens with zero attached hydrogens (tertiary/aromatic N) is 2. The summed E-state index contributed by atoms with van der Waals surface area (Å²) >= 11 is 0. The monoisotopic (exact) mass is 350 g/mol. The number of ether oxygens (including phenoxy) is 2. The smallest absolute Gasteiger partial charge is 0.335 e. The molecule has 0 saturated carbocycles. The van der Waals surface area contributed by atoms with Crippen LogP contribution in [0, 0.1) is 0 Å². The third-order valence-electron chi connectivity index (χ3n) is 3.83. The van der Waals surface area contributed by atoms with E-state index in [0.717, 1.165) is 6.08 Å². The largest absolute Gasteiger partial charge is 0.478 e. The molecule has 2 aliphatic rings. The van der Waals surface area contributed by atoms with Crippen LogP contribution in [0.1, 0.15) is 20.7 Å². The maximum atomic E-state index is 12.4. The van der Waals surface area contributed by atoms with E-state index in [1.807, 2.05) is 0 Å². The summed E-state index contributed by atoms with van der Waals surface area (Å²) in [6, 6.07) is 8.75. The van der Waals surface area contributed by atoms with Gasteiger partial charge >= 0.3 is 5.97 Å². The lowest BCUT2D eigenvalue weighted by atomic mass is 10.1. The maximum absolute atomic E-state index is 12.4. The van der Waals surface area contributed by atoms with Gasteiger partial charge in [-0.15, -0.1) is 0 Å². The van der Waals surface area contributed by atoms with Gasteiger partial charge in [-0.3, -0.25) is 9.59 Å². The van der Waals surface area contributed by atoms with Crippen molar-refractivity contribution in [1.82, 2.24) is 0 Å². The van der Waals surface area contributed by atoms with Gasteiger partial charge < -0.3 is 14.6 Å². The average molecular weight is 350 g/mol. The highest BCUT2D eigenvalue weighted by Gasteiger charge is 2.18. The van der Waals surface area contributed by atoms with Crippen molar-refractivity contribution in [3.05, 3.63) is 70.0 Å². The second-order valence-electron chi connectivity index (χ2n) is 5.50. The summed E-state index contributed by atoms with van der Waals surface area (Å²) in [4.78, 5) is 43.4. The number of hydrogen-bond acceptors (Lipinski definition) is 6. The first-order chi connectivity index (χ1) is 12.5. The highest BCUT2D eigenvalue weighted by atomic mass is 16.7. The molecule has 0 aliphatic carbocycles. The van der Waals surface area contributed by atoms with Crippen molar-refractivity contribution < 1.29 is 29.0 Å². The third kappa shape index (κ3) is 2.73. The quantitative estimate of drug-likeness (QED) is 0.642. The molecule has 0 saturated heterocycles. The number of carboxylic acid groups (broad SMARTS) is 1. The lowest BCUT2D eigenvalue weighted by molar-refractivity contribution is -0.114. The first-order valence-electron chi connectivity index (χ1n) is 7.52. The van der Waals surface area contributed by atoms with Crippen LogP contribution >= 0.6 is 0 Å². The van der Waals surface area contributed by atoms with Gasteiger partial charge in [0, 0.05) is 11.6 Å². The SMILES string of the molecule is O=C1N=c2cc(C(=O)O)ccc2=N/C1=C\C(=O)c1ccc2c(c1)OCO2. The molecule has 0 radical (unpaired) electrons. The molecule has 0 atom stereocenters. The van der Waals surface area contributed by atoms with Crippen LogP contribution in [0.2, 0.25) is 0 Å². The van der Waals surface area contributed by atoms with E-state index in [0.29, 0.717) is 22.4 Å². The summed E-state index contributed by atoms with van der Waals surface area (Å²) < 4.78 is 10.4. The third-order valence-corrected chi connectivity index (χ3v) is 3.83. The minimum absolute atomic E-state index is 0.000587. The molecular weight excluding hydrogens is 340 g/mol. The molecule has 2 aliphatic heterocycles. The summed E-state index contributed by atoms with van der Waals surface area (Å²) in [5.41, 5.74) is 0.194. The van der Waals surface area contributed by atoms with E-state index in [4.69, 9.17) is 14.6 Å². The van der Waals surface area contributed by atoms with Gasteiger partial charge in [-0.2, -0.15) is 0 Å². The van der Waals surface area contributed by atoms with E-state index >= 15 is 0 Å². The molecule has 0 aromatic heterocycles. The Balaban J connectivity index is 1.70. The van der Waals surface area contributed by atoms with Crippen LogP contribution < -0.4 is 20.2 Å². The zero-order valence-electron chi connectivity index (χ0n) is 13.1. The molecule has 0 fully saturated rings. The number of carbonyl (C=O) groups excluding carboxylic acids is 2. The molecule has 2 aromatic carbocycles. The van der Waals surface area contributed by atoms with E-state index < -0.39 is 17.7 Å². The van der Waals surface area contributed by atoms with Gasteiger partial charge in [0.2, 0.25) is 6.79 Å². The Kier molecular flexibility index (Phi) is 3.58. The summed E-state index contributed by atoms with van der Waals surface area (Å²) in [6.07, 6.45) is 1.09. The van der Waals surface area contributed by atoms with Crippen LogP contribution in [-0.2, 0) is 4.79 Å². The van der Waals surface area contributed by atoms with Crippen molar-refractivity contribution in [3.8, 4) is 11.5 Å². The predicted molar refractivity (Wildman–Crippen MR) is 85.7 cm³/mol. The second kappa shape index (κ2) is 5.92. The van der Waals surface area contributed by atoms with Crippen molar-refractivity contribution in [2.45, 2.75) is 0 Å². The Bertz CT molecular complexity index is 1130. The van der Waals surface area contributed by atoms with Crippen LogP contribution in [0.4, 0.5) is 0 Å². The topological polar surface area (TPSA) is 115 Å². The molecule has 2 heterocycles. The number of rotatable bonds is 3. The van der Waals surface area contributed by atoms with Gasteiger partial charge in [0.05, 0.1) is 16.3 Å². The zero-order valence-corrected chi connectivity index (χ0v) is 13.1. The Morgan fingerprint density at radius 2 is 1.73 bits per heavy atom. The number of carbonyl (C=O) groups is 3. The molecule has 1 N–H and O–H groups in total. The Hall–Kier alpha value is -3.81. The van der Waals surface area contributed by atoms with Crippen molar-refractivity contribution in [1.29, 1.82) is 0 Å². The molecule has 2 aromatic rings. The summed E-state index contributed by atoms with van der Waals surface area (Å²) in [5.74, 6) is -1.27. The lowest BCUT2D eigenvalue weighted by Gasteiger charge is -2.04. The number of fused-ring (bicyclic) bond motifs is 2. The van der Waals surface area contributed by atoms with E-state index in [1.54, 1.807) is 12.1 Å². The molecule has 8 heteroatoms. The maximum Gasteiger partial charge on any atom is 0.335 e. The molecule has 0 spiro atoms. The second-order valence-corrected chi connectivity index (χ2v) is 5.50. The standard InChI is InChI=1S/C18H10N2O6/c21-14(9-2-4-15-16(6-9)26-8-25-15)7-13-17(22)20-12-5-10(18(23)24)1-3-11(12)19-13/h1-7H,8H2,(H,23,24)/b13-7-. The van der Waals surface area contributed by atoms with Gasteiger partial charge in [0.1, 0.15) is 5.70 Å². The van der Waals surface area contributed by atoms with Crippen LogP contribution in [0.5, 0.6) is 11.5 Å². The number of aromatic carboxylic acids is 1. The summed E-state index contributed by atoms with van der Waals surface area (Å²) in [7, 11) is 0. The fraction of sp³-hybridized carbons (Fsp3) is 0.0556. The highest BCUT2D eigenvalue weighted by molar-refractivity contribution is 6.10. The van der Waals surface area contributed by atoms with E-state index in [2.05, 4.69) is 9.98 Å². The Morgan fingerprint density at radius 1 is 0.962 bits per heavy atom. The molecule has 1 amide bonds. The van der Waals surface area contributed by atoms with Crippen LogP contribution in [0.3, 0.4) is 0 Å². The van der Waals surface area contributed by atoms with E-state index in [1.165, 1.54) is 24.3 Å². The molecule has 8 nitrogen and oxygen atoms in total. The van der Waals surface area contributed by atoms with Crippen LogP contribution in [0.15, 0.2) is 58.2 Å². The number of benzene rings is 2. The normalized spacial score (nSPS) is 15.8. The first kappa shape index (κ1) is 15.7. The minimum Gasteiger partial charge on any atom is -0.478 e. The highest BCUT2D eigenvalue weighted by Crippen LogP contribution is 2.32. The van der Waals surface area contributed by atoms with E-state index in [-0.39, 0.29) is 23.4 Å². The van der Waals surface area contributed by atoms with Gasteiger partial charge in [-0.25, -0.2) is 14.8 Å². The number of allylic oxidation sites excluding steroid dienone is 1. The number of hydrogen-bond donors (Lipinski definition) is 1. The minimum atomic E-state index is -1.13. The van der Waals surface area contributed by atoms with Crippen molar-refractivity contribution in [3.63, 3.8) is 0 Å². The summed E-state index contributed by atoms with van der Waals surface area (Å²) in [5, 5.41) is 9.46. The lowest BCUT2D eigenvalue weighted by Crippen LogP contribution is -2.32. The van der Waals surface area contributed by atoms with E-state index in [9.17, 15) is 14.4 Å². The van der Waals surface area contributed by atoms with Gasteiger partial charge in [-0.05, 0) is 36.4 Å². The van der Waals surface area contributed by atoms with Crippen molar-refractivity contribution in [2.75, 3.05) is 6.79 Å². The van der Waals surface area contributed by atoms with Gasteiger partial charge in [0.25, 0.3) is 5.91 Å². The molecule has 26 heavy (non-hydrogen) atoms. The predicted octanol–water partition coefficient (Wildman–Crippen LogP) is 0.660. The Morgan fingerprint density at radius 3 is 2.54 bits per heavy atom. The molecule has 0 bridgehead atoms. The molecule has 4 rings (SSSR count). The molecular formula is C18H10N2O6. The summed E-state index contributed by atoms with van der Waals surface area (Å²) in [6.45, 7) is 0.0931. The number of carboxylic acids is 1. The van der Waals surface area contributed by atoms with Gasteiger partial charge in [-0.1, -0.05) is 0 Å².